The lowest BCUT2D eigenvalue weighted by atomic mass is 9.83. The van der Waals surface area contributed by atoms with Crippen LogP contribution in [0.15, 0.2) is 12.1 Å². The van der Waals surface area contributed by atoms with Crippen LogP contribution < -0.4 is 9.47 Å². The second-order valence-electron chi connectivity index (χ2n) is 5.49. The van der Waals surface area contributed by atoms with Crippen molar-refractivity contribution in [2.24, 2.45) is 0 Å². The minimum absolute atomic E-state index is 0.0630. The highest BCUT2D eigenvalue weighted by Gasteiger charge is 2.26. The van der Waals surface area contributed by atoms with Crippen molar-refractivity contribution in [3.63, 3.8) is 0 Å². The van der Waals surface area contributed by atoms with Crippen LogP contribution in [0.1, 0.15) is 44.7 Å². The van der Waals surface area contributed by atoms with E-state index in [1.807, 2.05) is 26.0 Å². The normalized spacial score (nSPS) is 11.8. The molecule has 0 aliphatic rings. The van der Waals surface area contributed by atoms with Gasteiger partial charge in [-0.2, -0.15) is 0 Å². The van der Waals surface area contributed by atoms with E-state index in [0.29, 0.717) is 5.92 Å². The van der Waals surface area contributed by atoms with Gasteiger partial charge in [0.1, 0.15) is 11.5 Å². The lowest BCUT2D eigenvalue weighted by Gasteiger charge is -2.26. The van der Waals surface area contributed by atoms with E-state index < -0.39 is 0 Å². The van der Waals surface area contributed by atoms with Gasteiger partial charge in [0.05, 0.1) is 20.8 Å². The second kappa shape index (κ2) is 5.61. The second-order valence-corrected chi connectivity index (χ2v) is 5.49. The van der Waals surface area contributed by atoms with E-state index in [9.17, 15) is 5.11 Å². The summed E-state index contributed by atoms with van der Waals surface area (Å²) in [5, 5.41) is 9.51. The van der Waals surface area contributed by atoms with Gasteiger partial charge in [0.25, 0.3) is 0 Å². The van der Waals surface area contributed by atoms with Gasteiger partial charge in [-0.3, -0.25) is 0 Å². The molecule has 0 saturated carbocycles. The van der Waals surface area contributed by atoms with Crippen molar-refractivity contribution < 1.29 is 14.6 Å². The first-order chi connectivity index (χ1) is 8.37. The van der Waals surface area contributed by atoms with E-state index >= 15 is 0 Å². The molecular formula is C15H24O3. The molecule has 0 aliphatic carbocycles. The quantitative estimate of drug-likeness (QED) is 0.875. The minimum atomic E-state index is -0.353. The number of methoxy groups -OCH3 is 2. The van der Waals surface area contributed by atoms with Gasteiger partial charge in [-0.1, -0.05) is 27.7 Å². The van der Waals surface area contributed by atoms with E-state index in [4.69, 9.17) is 9.47 Å². The highest BCUT2D eigenvalue weighted by molar-refractivity contribution is 5.50. The maximum atomic E-state index is 9.51. The standard InChI is InChI=1S/C15H24O3/c1-10(2)11-7-14(18-6)12(8-13(11)17-5)15(3,4)9-16/h7-8,10,16H,9H2,1-6H3. The fourth-order valence-corrected chi connectivity index (χ4v) is 1.99. The third-order valence-corrected chi connectivity index (χ3v) is 3.30. The van der Waals surface area contributed by atoms with Crippen LogP contribution in [0.25, 0.3) is 0 Å². The molecule has 3 heteroatoms. The van der Waals surface area contributed by atoms with E-state index in [1.165, 1.54) is 0 Å². The van der Waals surface area contributed by atoms with Gasteiger partial charge in [-0.25, -0.2) is 0 Å². The van der Waals surface area contributed by atoms with Crippen LogP contribution in [0.4, 0.5) is 0 Å². The summed E-state index contributed by atoms with van der Waals surface area (Å²) < 4.78 is 10.9. The van der Waals surface area contributed by atoms with Gasteiger partial charge in [0, 0.05) is 16.5 Å². The molecule has 0 atom stereocenters. The SMILES string of the molecule is COc1cc(C(C)(C)CO)c(OC)cc1C(C)C. The van der Waals surface area contributed by atoms with Gasteiger partial charge >= 0.3 is 0 Å². The fraction of sp³-hybridized carbons (Fsp3) is 0.600. The Labute approximate surface area is 110 Å². The number of aliphatic hydroxyl groups is 1. The Morgan fingerprint density at radius 3 is 2.06 bits per heavy atom. The first-order valence-corrected chi connectivity index (χ1v) is 6.24. The zero-order chi connectivity index (χ0) is 13.9. The first-order valence-electron chi connectivity index (χ1n) is 6.24. The molecule has 102 valence electrons. The number of hydrogen-bond donors (Lipinski definition) is 1. The molecule has 1 aromatic rings. The lowest BCUT2D eigenvalue weighted by molar-refractivity contribution is 0.214. The molecule has 0 heterocycles. The number of benzene rings is 1. The van der Waals surface area contributed by atoms with Crippen LogP contribution in [0.2, 0.25) is 0 Å². The van der Waals surface area contributed by atoms with Gasteiger partial charge in [-0.05, 0) is 18.1 Å². The van der Waals surface area contributed by atoms with Crippen molar-refractivity contribution in [1.82, 2.24) is 0 Å². The molecule has 0 aromatic heterocycles. The molecule has 18 heavy (non-hydrogen) atoms. The Morgan fingerprint density at radius 1 is 1.11 bits per heavy atom. The van der Waals surface area contributed by atoms with Gasteiger partial charge in [-0.15, -0.1) is 0 Å². The monoisotopic (exact) mass is 252 g/mol. The molecule has 0 bridgehead atoms. The molecule has 0 unspecified atom stereocenters. The summed E-state index contributed by atoms with van der Waals surface area (Å²) >= 11 is 0. The average molecular weight is 252 g/mol. The van der Waals surface area contributed by atoms with E-state index in [2.05, 4.69) is 13.8 Å². The summed E-state index contributed by atoms with van der Waals surface area (Å²) in [4.78, 5) is 0. The third-order valence-electron chi connectivity index (χ3n) is 3.30. The van der Waals surface area contributed by atoms with Crippen molar-refractivity contribution in [1.29, 1.82) is 0 Å². The molecule has 1 rings (SSSR count). The number of rotatable bonds is 5. The van der Waals surface area contributed by atoms with Crippen molar-refractivity contribution in [2.45, 2.75) is 39.0 Å². The molecule has 0 radical (unpaired) electrons. The summed E-state index contributed by atoms with van der Waals surface area (Å²) in [6.45, 7) is 8.27. The molecule has 0 spiro atoms. The number of ether oxygens (including phenoxy) is 2. The zero-order valence-corrected chi connectivity index (χ0v) is 12.2. The highest BCUT2D eigenvalue weighted by atomic mass is 16.5. The smallest absolute Gasteiger partial charge is 0.123 e. The van der Waals surface area contributed by atoms with E-state index in [0.717, 1.165) is 22.6 Å². The summed E-state index contributed by atoms with van der Waals surface area (Å²) in [6, 6.07) is 3.99. The van der Waals surface area contributed by atoms with Crippen LogP contribution in [-0.4, -0.2) is 25.9 Å². The zero-order valence-electron chi connectivity index (χ0n) is 12.2. The summed E-state index contributed by atoms with van der Waals surface area (Å²) in [5.74, 6) is 2.01. The van der Waals surface area contributed by atoms with Crippen molar-refractivity contribution in [2.75, 3.05) is 20.8 Å². The fourth-order valence-electron chi connectivity index (χ4n) is 1.99. The van der Waals surface area contributed by atoms with Gasteiger partial charge in [0.15, 0.2) is 0 Å². The van der Waals surface area contributed by atoms with Crippen molar-refractivity contribution in [3.8, 4) is 11.5 Å². The predicted molar refractivity (Wildman–Crippen MR) is 73.7 cm³/mol. The molecule has 1 N–H and O–H groups in total. The molecular weight excluding hydrogens is 228 g/mol. The van der Waals surface area contributed by atoms with Crippen LogP contribution in [-0.2, 0) is 5.41 Å². The highest BCUT2D eigenvalue weighted by Crippen LogP contribution is 2.39. The van der Waals surface area contributed by atoms with Crippen LogP contribution >= 0.6 is 0 Å². The third kappa shape index (κ3) is 2.78. The van der Waals surface area contributed by atoms with Crippen molar-refractivity contribution >= 4 is 0 Å². The molecule has 3 nitrogen and oxygen atoms in total. The molecule has 0 fully saturated rings. The number of aliphatic hydroxyl groups excluding tert-OH is 1. The Balaban J connectivity index is 3.44. The largest absolute Gasteiger partial charge is 0.496 e. The van der Waals surface area contributed by atoms with Crippen molar-refractivity contribution in [3.05, 3.63) is 23.3 Å². The number of hydrogen-bond acceptors (Lipinski definition) is 3. The van der Waals surface area contributed by atoms with Gasteiger partial charge < -0.3 is 14.6 Å². The average Bonchev–Trinajstić information content (AvgIpc) is 2.36. The Morgan fingerprint density at radius 2 is 1.67 bits per heavy atom. The lowest BCUT2D eigenvalue weighted by Crippen LogP contribution is -2.23. The topological polar surface area (TPSA) is 38.7 Å². The van der Waals surface area contributed by atoms with Crippen LogP contribution in [0, 0.1) is 0 Å². The summed E-state index contributed by atoms with van der Waals surface area (Å²) in [5.41, 5.74) is 1.73. The summed E-state index contributed by atoms with van der Waals surface area (Å²) in [6.07, 6.45) is 0. The molecule has 0 amide bonds. The van der Waals surface area contributed by atoms with Gasteiger partial charge in [0.2, 0.25) is 0 Å². The maximum absolute atomic E-state index is 9.51. The molecule has 0 saturated heterocycles. The Bertz CT molecular complexity index is 408. The Hall–Kier alpha value is -1.22. The maximum Gasteiger partial charge on any atom is 0.123 e. The molecule has 1 aromatic carbocycles. The Kier molecular flexibility index (Phi) is 4.63. The first kappa shape index (κ1) is 14.8. The van der Waals surface area contributed by atoms with Crippen LogP contribution in [0.5, 0.6) is 11.5 Å². The van der Waals surface area contributed by atoms with Crippen LogP contribution in [0.3, 0.4) is 0 Å². The van der Waals surface area contributed by atoms with E-state index in [1.54, 1.807) is 14.2 Å². The van der Waals surface area contributed by atoms with E-state index in [-0.39, 0.29) is 12.0 Å². The minimum Gasteiger partial charge on any atom is -0.496 e. The predicted octanol–water partition coefficient (Wildman–Crippen LogP) is 3.10. The molecule has 0 aliphatic heterocycles. The summed E-state index contributed by atoms with van der Waals surface area (Å²) in [7, 11) is 3.33.